The molecule has 0 radical (unpaired) electrons. The molecule has 2 aliphatic heterocycles. The van der Waals surface area contributed by atoms with Crippen molar-refractivity contribution < 1.29 is 9.18 Å². The van der Waals surface area contributed by atoms with Gasteiger partial charge in [0.25, 0.3) is 5.91 Å². The highest BCUT2D eigenvalue weighted by Gasteiger charge is 2.19. The van der Waals surface area contributed by atoms with E-state index in [1.807, 2.05) is 0 Å². The first kappa shape index (κ1) is 19.1. The normalized spacial score (nSPS) is 19.5. The maximum absolute atomic E-state index is 14.5. The van der Waals surface area contributed by atoms with Crippen molar-refractivity contribution in [2.45, 2.75) is 6.92 Å². The number of nitrogens with zero attached hydrogens (tertiary/aromatic N) is 3. The van der Waals surface area contributed by atoms with Crippen LogP contribution in [0.15, 0.2) is 18.2 Å². The van der Waals surface area contributed by atoms with Gasteiger partial charge in [0.05, 0.1) is 5.69 Å². The second-order valence-corrected chi connectivity index (χ2v) is 6.94. The summed E-state index contributed by atoms with van der Waals surface area (Å²) >= 11 is 0. The van der Waals surface area contributed by atoms with Crippen molar-refractivity contribution in [2.75, 3.05) is 76.9 Å². The Labute approximate surface area is 155 Å². The van der Waals surface area contributed by atoms with Gasteiger partial charge in [-0.25, -0.2) is 4.39 Å². The average molecular weight is 363 g/mol. The second-order valence-electron chi connectivity index (χ2n) is 6.94. The molecule has 26 heavy (non-hydrogen) atoms. The highest BCUT2D eigenvalue weighted by Crippen LogP contribution is 2.22. The molecule has 2 saturated heterocycles. The maximum atomic E-state index is 14.5. The Morgan fingerprint density at radius 3 is 2.50 bits per heavy atom. The van der Waals surface area contributed by atoms with Crippen molar-refractivity contribution in [3.63, 3.8) is 0 Å². The fourth-order valence-electron chi connectivity index (χ4n) is 3.57. The van der Waals surface area contributed by atoms with Crippen LogP contribution in [0.3, 0.4) is 0 Å². The lowest BCUT2D eigenvalue weighted by atomic mass is 10.1. The fourth-order valence-corrected chi connectivity index (χ4v) is 3.57. The lowest BCUT2D eigenvalue weighted by Gasteiger charge is -2.35. The van der Waals surface area contributed by atoms with Gasteiger partial charge in [0.1, 0.15) is 5.82 Å². The van der Waals surface area contributed by atoms with Crippen LogP contribution in [0.25, 0.3) is 0 Å². The molecule has 0 saturated carbocycles. The number of carbonyl (C=O) groups excluding carboxylic acids is 1. The number of hydrogen-bond acceptors (Lipinski definition) is 5. The van der Waals surface area contributed by atoms with Crippen LogP contribution in [-0.2, 0) is 0 Å². The minimum absolute atomic E-state index is 0.207. The van der Waals surface area contributed by atoms with Gasteiger partial charge in [-0.05, 0) is 24.7 Å². The zero-order valence-electron chi connectivity index (χ0n) is 15.6. The number of hydrogen-bond donors (Lipinski definition) is 2. The van der Waals surface area contributed by atoms with E-state index in [1.165, 1.54) is 6.07 Å². The summed E-state index contributed by atoms with van der Waals surface area (Å²) in [5.41, 5.74) is 0.983. The molecule has 1 aromatic carbocycles. The maximum Gasteiger partial charge on any atom is 0.251 e. The number of amides is 1. The molecule has 144 valence electrons. The third-order valence-electron chi connectivity index (χ3n) is 5.29. The quantitative estimate of drug-likeness (QED) is 0.775. The Balaban J connectivity index is 1.50. The van der Waals surface area contributed by atoms with Crippen LogP contribution in [0.1, 0.15) is 17.3 Å². The van der Waals surface area contributed by atoms with Crippen molar-refractivity contribution in [2.24, 2.45) is 0 Å². The Morgan fingerprint density at radius 2 is 1.85 bits per heavy atom. The van der Waals surface area contributed by atoms with Crippen molar-refractivity contribution >= 4 is 11.6 Å². The van der Waals surface area contributed by atoms with Gasteiger partial charge in [-0.1, -0.05) is 6.92 Å². The Morgan fingerprint density at radius 1 is 1.12 bits per heavy atom. The molecule has 0 aliphatic carbocycles. The highest BCUT2D eigenvalue weighted by atomic mass is 19.1. The number of rotatable bonds is 6. The third kappa shape index (κ3) is 4.93. The van der Waals surface area contributed by atoms with Gasteiger partial charge >= 0.3 is 0 Å². The number of piperazine rings is 2. The van der Waals surface area contributed by atoms with Crippen molar-refractivity contribution in [3.8, 4) is 0 Å². The van der Waals surface area contributed by atoms with Gasteiger partial charge < -0.3 is 20.4 Å². The van der Waals surface area contributed by atoms with Gasteiger partial charge in [0.2, 0.25) is 0 Å². The lowest BCUT2D eigenvalue weighted by Crippen LogP contribution is -2.46. The van der Waals surface area contributed by atoms with Gasteiger partial charge in [0.15, 0.2) is 0 Å². The first-order valence-electron chi connectivity index (χ1n) is 9.65. The summed E-state index contributed by atoms with van der Waals surface area (Å²) in [7, 11) is 0. The molecule has 0 aromatic heterocycles. The van der Waals surface area contributed by atoms with Crippen LogP contribution in [0, 0.1) is 5.82 Å². The summed E-state index contributed by atoms with van der Waals surface area (Å²) in [5, 5.41) is 6.20. The summed E-state index contributed by atoms with van der Waals surface area (Å²) in [4.78, 5) is 19.0. The van der Waals surface area contributed by atoms with Gasteiger partial charge in [0, 0.05) is 71.0 Å². The zero-order valence-corrected chi connectivity index (χ0v) is 15.6. The summed E-state index contributed by atoms with van der Waals surface area (Å²) in [6.07, 6.45) is 0. The van der Waals surface area contributed by atoms with E-state index < -0.39 is 0 Å². The van der Waals surface area contributed by atoms with Crippen molar-refractivity contribution in [1.29, 1.82) is 0 Å². The summed E-state index contributed by atoms with van der Waals surface area (Å²) in [6.45, 7) is 12.1. The third-order valence-corrected chi connectivity index (χ3v) is 5.29. The SMILES string of the molecule is CCN1CCN(c2ccc(C(=O)NCCN3CCNCC3)cc2F)CC1. The number of halogens is 1. The smallest absolute Gasteiger partial charge is 0.251 e. The first-order valence-corrected chi connectivity index (χ1v) is 9.65. The van der Waals surface area contributed by atoms with Crippen LogP contribution in [0.4, 0.5) is 10.1 Å². The fraction of sp³-hybridized carbons (Fsp3) is 0.632. The van der Waals surface area contributed by atoms with Gasteiger partial charge in [-0.3, -0.25) is 9.69 Å². The van der Waals surface area contributed by atoms with E-state index >= 15 is 0 Å². The Kier molecular flexibility index (Phi) is 6.82. The number of carbonyl (C=O) groups is 1. The molecule has 0 atom stereocenters. The standard InChI is InChI=1S/C19H30FN5O/c1-2-23-11-13-25(14-12-23)18-4-3-16(15-17(18)20)19(26)22-7-10-24-8-5-21-6-9-24/h3-4,15,21H,2,5-14H2,1H3,(H,22,26). The van der Waals surface area contributed by atoms with E-state index in [4.69, 9.17) is 0 Å². The molecule has 2 fully saturated rings. The monoisotopic (exact) mass is 363 g/mol. The molecule has 2 N–H and O–H groups in total. The number of likely N-dealkylation sites (N-methyl/N-ethyl adjacent to an activating group) is 1. The molecule has 6 nitrogen and oxygen atoms in total. The molecule has 0 bridgehead atoms. The molecule has 0 unspecified atom stereocenters. The molecule has 2 heterocycles. The minimum Gasteiger partial charge on any atom is -0.367 e. The summed E-state index contributed by atoms with van der Waals surface area (Å²) < 4.78 is 14.5. The molecule has 2 aliphatic rings. The molecule has 7 heteroatoms. The number of benzene rings is 1. The van der Waals surface area contributed by atoms with E-state index in [1.54, 1.807) is 12.1 Å². The van der Waals surface area contributed by atoms with Crippen LogP contribution in [0.2, 0.25) is 0 Å². The van der Waals surface area contributed by atoms with E-state index in [0.29, 0.717) is 17.8 Å². The van der Waals surface area contributed by atoms with Gasteiger partial charge in [-0.15, -0.1) is 0 Å². The van der Waals surface area contributed by atoms with Crippen LogP contribution in [-0.4, -0.2) is 87.7 Å². The van der Waals surface area contributed by atoms with Crippen molar-refractivity contribution in [3.05, 3.63) is 29.6 Å². The van der Waals surface area contributed by atoms with Crippen LogP contribution >= 0.6 is 0 Å². The molecule has 3 rings (SSSR count). The van der Waals surface area contributed by atoms with E-state index in [-0.39, 0.29) is 11.7 Å². The van der Waals surface area contributed by atoms with E-state index in [2.05, 4.69) is 32.3 Å². The Hall–Kier alpha value is -1.70. The van der Waals surface area contributed by atoms with Crippen molar-refractivity contribution in [1.82, 2.24) is 20.4 Å². The predicted octanol–water partition coefficient (Wildman–Crippen LogP) is 0.603. The predicted molar refractivity (Wildman–Crippen MR) is 102 cm³/mol. The lowest BCUT2D eigenvalue weighted by molar-refractivity contribution is 0.0947. The largest absolute Gasteiger partial charge is 0.367 e. The summed E-state index contributed by atoms with van der Waals surface area (Å²) in [6, 6.07) is 4.83. The number of nitrogens with one attached hydrogen (secondary N) is 2. The molecule has 1 amide bonds. The Bertz CT molecular complexity index is 598. The van der Waals surface area contributed by atoms with Crippen LogP contribution < -0.4 is 15.5 Å². The summed E-state index contributed by atoms with van der Waals surface area (Å²) in [5.74, 6) is -0.522. The minimum atomic E-state index is -0.315. The van der Waals surface area contributed by atoms with E-state index in [9.17, 15) is 9.18 Å². The molecule has 0 spiro atoms. The topological polar surface area (TPSA) is 50.9 Å². The second kappa shape index (κ2) is 9.30. The first-order chi connectivity index (χ1) is 12.7. The molecular formula is C19H30FN5O. The van der Waals surface area contributed by atoms with Gasteiger partial charge in [-0.2, -0.15) is 0 Å². The highest BCUT2D eigenvalue weighted by molar-refractivity contribution is 5.94. The molecular weight excluding hydrogens is 333 g/mol. The average Bonchev–Trinajstić information content (AvgIpc) is 2.69. The number of anilines is 1. The molecule has 1 aromatic rings. The zero-order chi connectivity index (χ0) is 18.4. The van der Waals surface area contributed by atoms with Crippen LogP contribution in [0.5, 0.6) is 0 Å². The van der Waals surface area contributed by atoms with E-state index in [0.717, 1.165) is 65.4 Å².